The summed E-state index contributed by atoms with van der Waals surface area (Å²) in [6.07, 6.45) is -3.63. The lowest BCUT2D eigenvalue weighted by Crippen LogP contribution is -2.16. The topological polar surface area (TPSA) is 38.0 Å². The molecule has 0 unspecified atom stereocenters. The van der Waals surface area contributed by atoms with E-state index in [4.69, 9.17) is 18.0 Å². The summed E-state index contributed by atoms with van der Waals surface area (Å²) >= 11 is 6.44. The molecule has 0 radical (unpaired) electrons. The van der Waals surface area contributed by atoms with Crippen molar-refractivity contribution in [2.24, 2.45) is 5.73 Å². The molecule has 0 aliphatic carbocycles. The van der Waals surface area contributed by atoms with Crippen molar-refractivity contribution in [3.05, 3.63) is 51.7 Å². The van der Waals surface area contributed by atoms with Gasteiger partial charge in [0.1, 0.15) is 4.99 Å². The number of anilines is 1. The highest BCUT2D eigenvalue weighted by atomic mass is 32.1. The van der Waals surface area contributed by atoms with Gasteiger partial charge in [-0.25, -0.2) is 0 Å². The molecule has 2 aromatic rings. The Kier molecular flexibility index (Phi) is 4.84. The first-order valence-corrected chi connectivity index (χ1v) is 7.49. The highest BCUT2D eigenvalue weighted by molar-refractivity contribution is 7.80. The van der Waals surface area contributed by atoms with Crippen LogP contribution in [0.25, 0.3) is 0 Å². The SMILES string of the molecule is NC(=S)c1cc(C(F)(F)F)ccc1NCCc1ccsc1. The smallest absolute Gasteiger partial charge is 0.389 e. The fraction of sp³-hybridized carbons (Fsp3) is 0.214. The molecular formula is C14H13F3N2S2. The average Bonchev–Trinajstić information content (AvgIpc) is 2.90. The summed E-state index contributed by atoms with van der Waals surface area (Å²) in [7, 11) is 0. The van der Waals surface area contributed by atoms with E-state index < -0.39 is 11.7 Å². The fourth-order valence-corrected chi connectivity index (χ4v) is 2.73. The Hall–Kier alpha value is -1.60. The van der Waals surface area contributed by atoms with Gasteiger partial charge in [0.05, 0.1) is 5.56 Å². The van der Waals surface area contributed by atoms with E-state index in [0.29, 0.717) is 12.2 Å². The molecule has 0 aliphatic heterocycles. The molecule has 0 bridgehead atoms. The number of rotatable bonds is 5. The molecule has 1 aromatic heterocycles. The van der Waals surface area contributed by atoms with Crippen molar-refractivity contribution in [3.8, 4) is 0 Å². The zero-order chi connectivity index (χ0) is 15.5. The summed E-state index contributed by atoms with van der Waals surface area (Å²) in [4.78, 5) is -0.0564. The van der Waals surface area contributed by atoms with Gasteiger partial charge in [-0.3, -0.25) is 0 Å². The zero-order valence-corrected chi connectivity index (χ0v) is 12.5. The van der Waals surface area contributed by atoms with Crippen LogP contribution in [-0.4, -0.2) is 11.5 Å². The number of hydrogen-bond acceptors (Lipinski definition) is 3. The van der Waals surface area contributed by atoms with Crippen molar-refractivity contribution in [2.45, 2.75) is 12.6 Å². The highest BCUT2D eigenvalue weighted by Gasteiger charge is 2.31. The Morgan fingerprint density at radius 1 is 1.29 bits per heavy atom. The average molecular weight is 330 g/mol. The number of benzene rings is 1. The Morgan fingerprint density at radius 3 is 2.62 bits per heavy atom. The standard InChI is InChI=1S/C14H13F3N2S2/c15-14(16,17)10-1-2-12(11(7-10)13(18)20)19-5-3-9-4-6-21-8-9/h1-2,4,6-8,19H,3,5H2,(H2,18,20). The Morgan fingerprint density at radius 2 is 2.05 bits per heavy atom. The minimum atomic E-state index is -4.41. The molecule has 2 nitrogen and oxygen atoms in total. The van der Waals surface area contributed by atoms with Crippen molar-refractivity contribution in [1.29, 1.82) is 0 Å². The maximum atomic E-state index is 12.7. The molecule has 0 saturated carbocycles. The summed E-state index contributed by atoms with van der Waals surface area (Å²) in [5.74, 6) is 0. The Labute approximate surface area is 129 Å². The van der Waals surface area contributed by atoms with Gasteiger partial charge in [0.25, 0.3) is 0 Å². The van der Waals surface area contributed by atoms with Gasteiger partial charge in [-0.15, -0.1) is 0 Å². The Bertz CT molecular complexity index is 622. The van der Waals surface area contributed by atoms with E-state index in [1.807, 2.05) is 16.8 Å². The molecular weight excluding hydrogens is 317 g/mol. The fourth-order valence-electron chi connectivity index (χ4n) is 1.85. The van der Waals surface area contributed by atoms with Gasteiger partial charge in [-0.1, -0.05) is 12.2 Å². The van der Waals surface area contributed by atoms with Gasteiger partial charge in [-0.05, 0) is 47.0 Å². The number of thiocarbonyl (C=S) groups is 1. The van der Waals surface area contributed by atoms with Crippen LogP contribution in [0.4, 0.5) is 18.9 Å². The second-order valence-electron chi connectivity index (χ2n) is 4.43. The number of alkyl halides is 3. The van der Waals surface area contributed by atoms with Crippen molar-refractivity contribution in [1.82, 2.24) is 0 Å². The van der Waals surface area contributed by atoms with Crippen LogP contribution in [0.1, 0.15) is 16.7 Å². The van der Waals surface area contributed by atoms with Gasteiger partial charge >= 0.3 is 6.18 Å². The lowest BCUT2D eigenvalue weighted by molar-refractivity contribution is -0.137. The maximum Gasteiger partial charge on any atom is 0.416 e. The monoisotopic (exact) mass is 330 g/mol. The normalized spacial score (nSPS) is 11.4. The molecule has 2 rings (SSSR count). The van der Waals surface area contributed by atoms with Gasteiger partial charge in [0.15, 0.2) is 0 Å². The van der Waals surface area contributed by atoms with Crippen molar-refractivity contribution < 1.29 is 13.2 Å². The lowest BCUT2D eigenvalue weighted by atomic mass is 10.1. The van der Waals surface area contributed by atoms with E-state index in [-0.39, 0.29) is 10.6 Å². The van der Waals surface area contributed by atoms with Crippen molar-refractivity contribution in [2.75, 3.05) is 11.9 Å². The number of nitrogens with one attached hydrogen (secondary N) is 1. The van der Waals surface area contributed by atoms with Gasteiger partial charge in [0, 0.05) is 17.8 Å². The predicted molar refractivity (Wildman–Crippen MR) is 83.8 cm³/mol. The first-order chi connectivity index (χ1) is 9.88. The predicted octanol–water partition coefficient (Wildman–Crippen LogP) is 4.06. The number of hydrogen-bond donors (Lipinski definition) is 2. The van der Waals surface area contributed by atoms with Crippen LogP contribution in [0.3, 0.4) is 0 Å². The number of nitrogens with two attached hydrogens (primary N) is 1. The van der Waals surface area contributed by atoms with Crippen molar-refractivity contribution in [3.63, 3.8) is 0 Å². The molecule has 1 heterocycles. The largest absolute Gasteiger partial charge is 0.416 e. The van der Waals surface area contributed by atoms with E-state index in [0.717, 1.165) is 18.6 Å². The van der Waals surface area contributed by atoms with Gasteiger partial charge in [0.2, 0.25) is 0 Å². The van der Waals surface area contributed by atoms with E-state index in [2.05, 4.69) is 5.32 Å². The van der Waals surface area contributed by atoms with Gasteiger partial charge in [-0.2, -0.15) is 24.5 Å². The Balaban J connectivity index is 2.13. The second kappa shape index (κ2) is 6.44. The third kappa shape index (κ3) is 4.18. The number of thiophene rings is 1. The molecule has 0 amide bonds. The third-order valence-electron chi connectivity index (χ3n) is 2.92. The molecule has 7 heteroatoms. The molecule has 0 spiro atoms. The van der Waals surface area contributed by atoms with Crippen LogP contribution < -0.4 is 11.1 Å². The molecule has 0 atom stereocenters. The van der Waals surface area contributed by atoms with Crippen molar-refractivity contribution >= 4 is 34.2 Å². The molecule has 0 saturated heterocycles. The minimum absolute atomic E-state index is 0.0564. The van der Waals surface area contributed by atoms with E-state index >= 15 is 0 Å². The number of halogens is 3. The van der Waals surface area contributed by atoms with Crippen LogP contribution in [0.5, 0.6) is 0 Å². The highest BCUT2D eigenvalue weighted by Crippen LogP contribution is 2.31. The molecule has 1 aromatic carbocycles. The van der Waals surface area contributed by atoms with Crippen LogP contribution in [-0.2, 0) is 12.6 Å². The summed E-state index contributed by atoms with van der Waals surface area (Å²) in [6.45, 7) is 0.595. The molecule has 0 aliphatic rings. The quantitative estimate of drug-likeness (QED) is 0.812. The van der Waals surface area contributed by atoms with E-state index in [1.54, 1.807) is 11.3 Å². The molecule has 3 N–H and O–H groups in total. The molecule has 21 heavy (non-hydrogen) atoms. The van der Waals surface area contributed by atoms with E-state index in [9.17, 15) is 13.2 Å². The maximum absolute atomic E-state index is 12.7. The minimum Gasteiger partial charge on any atom is -0.389 e. The second-order valence-corrected chi connectivity index (χ2v) is 5.65. The van der Waals surface area contributed by atoms with Gasteiger partial charge < -0.3 is 11.1 Å². The molecule has 112 valence electrons. The van der Waals surface area contributed by atoms with Crippen LogP contribution in [0.2, 0.25) is 0 Å². The summed E-state index contributed by atoms with van der Waals surface area (Å²) in [5.41, 5.74) is 6.67. The zero-order valence-electron chi connectivity index (χ0n) is 10.9. The summed E-state index contributed by atoms with van der Waals surface area (Å²) in [5, 5.41) is 7.09. The lowest BCUT2D eigenvalue weighted by Gasteiger charge is -2.14. The first kappa shape index (κ1) is 15.8. The van der Waals surface area contributed by atoms with Crippen LogP contribution >= 0.6 is 23.6 Å². The summed E-state index contributed by atoms with van der Waals surface area (Å²) < 4.78 is 38.1. The summed E-state index contributed by atoms with van der Waals surface area (Å²) in [6, 6.07) is 5.38. The third-order valence-corrected chi connectivity index (χ3v) is 3.87. The van der Waals surface area contributed by atoms with E-state index in [1.165, 1.54) is 11.6 Å². The van der Waals surface area contributed by atoms with Crippen LogP contribution in [0, 0.1) is 0 Å². The van der Waals surface area contributed by atoms with Crippen LogP contribution in [0.15, 0.2) is 35.0 Å². The molecule has 0 fully saturated rings. The first-order valence-electron chi connectivity index (χ1n) is 6.14.